The van der Waals surface area contributed by atoms with Crippen LogP contribution in [0.2, 0.25) is 0 Å². The van der Waals surface area contributed by atoms with Crippen molar-refractivity contribution in [2.45, 2.75) is 19.2 Å². The Morgan fingerprint density at radius 2 is 1.84 bits per heavy atom. The smallest absolute Gasteiger partial charge is 0.191 e. The van der Waals surface area contributed by atoms with Gasteiger partial charge in [-0.25, -0.2) is 0 Å². The van der Waals surface area contributed by atoms with Gasteiger partial charge in [0.25, 0.3) is 0 Å². The summed E-state index contributed by atoms with van der Waals surface area (Å²) >= 11 is 1.63. The number of benzene rings is 2. The second-order valence-electron chi connectivity index (χ2n) is 7.67. The summed E-state index contributed by atoms with van der Waals surface area (Å²) in [5, 5.41) is 18.4. The van der Waals surface area contributed by atoms with E-state index in [1.807, 2.05) is 12.1 Å². The largest absolute Gasteiger partial charge is 0.386 e. The van der Waals surface area contributed by atoms with E-state index in [1.54, 1.807) is 18.4 Å². The van der Waals surface area contributed by atoms with Crippen molar-refractivity contribution < 1.29 is 9.84 Å². The Hall–Kier alpha value is -2.45. The molecule has 3 N–H and O–H groups in total. The normalized spacial score (nSPS) is 16.4. The Labute approximate surface area is 187 Å². The van der Waals surface area contributed by atoms with Crippen LogP contribution in [-0.2, 0) is 17.8 Å². The number of nitrogens with zero attached hydrogens (tertiary/aromatic N) is 2. The number of morpholine rings is 1. The lowest BCUT2D eigenvalue weighted by Crippen LogP contribution is -2.39. The Balaban J connectivity index is 1.31. The van der Waals surface area contributed by atoms with Crippen LogP contribution in [0.15, 0.2) is 59.6 Å². The molecule has 1 atom stereocenters. The number of rotatable bonds is 7. The third-order valence-corrected chi connectivity index (χ3v) is 6.74. The third-order valence-electron chi connectivity index (χ3n) is 5.52. The fourth-order valence-corrected chi connectivity index (χ4v) is 4.80. The monoisotopic (exact) mass is 438 g/mol. The first kappa shape index (κ1) is 21.8. The van der Waals surface area contributed by atoms with Gasteiger partial charge in [-0.05, 0) is 28.6 Å². The van der Waals surface area contributed by atoms with E-state index in [4.69, 9.17) is 4.74 Å². The number of hydrogen-bond donors (Lipinski definition) is 3. The summed E-state index contributed by atoms with van der Waals surface area (Å²) in [5.41, 5.74) is 2.57. The van der Waals surface area contributed by atoms with Gasteiger partial charge in [0.05, 0.1) is 13.2 Å². The zero-order chi connectivity index (χ0) is 21.5. The first-order valence-electron chi connectivity index (χ1n) is 10.7. The number of nitrogens with one attached hydrogen (secondary N) is 2. The Morgan fingerprint density at radius 3 is 2.61 bits per heavy atom. The van der Waals surface area contributed by atoms with Crippen LogP contribution in [0.4, 0.5) is 0 Å². The molecule has 0 radical (unpaired) electrons. The fraction of sp³-hybridized carbons (Fsp3) is 0.375. The molecule has 1 fully saturated rings. The van der Waals surface area contributed by atoms with E-state index in [1.165, 1.54) is 21.2 Å². The van der Waals surface area contributed by atoms with Gasteiger partial charge < -0.3 is 20.5 Å². The summed E-state index contributed by atoms with van der Waals surface area (Å²) < 4.78 is 6.65. The van der Waals surface area contributed by atoms with Crippen molar-refractivity contribution in [3.05, 3.63) is 70.6 Å². The Bertz CT molecular complexity index is 980. The van der Waals surface area contributed by atoms with Crippen molar-refractivity contribution in [3.63, 3.8) is 0 Å². The van der Waals surface area contributed by atoms with Crippen LogP contribution in [0.1, 0.15) is 22.1 Å². The highest BCUT2D eigenvalue weighted by molar-refractivity contribution is 7.19. The second kappa shape index (κ2) is 10.7. The van der Waals surface area contributed by atoms with Crippen LogP contribution in [0.3, 0.4) is 0 Å². The molecular formula is C24H30N4O2S. The molecule has 1 aliphatic heterocycles. The molecule has 31 heavy (non-hydrogen) atoms. The molecule has 4 rings (SSSR count). The van der Waals surface area contributed by atoms with Crippen LogP contribution < -0.4 is 10.6 Å². The van der Waals surface area contributed by atoms with Crippen molar-refractivity contribution in [2.24, 2.45) is 4.99 Å². The summed E-state index contributed by atoms with van der Waals surface area (Å²) in [6.45, 7) is 5.57. The van der Waals surface area contributed by atoms with Gasteiger partial charge in [0, 0.05) is 49.3 Å². The number of fused-ring (bicyclic) bond motifs is 1. The molecule has 164 valence electrons. The maximum Gasteiger partial charge on any atom is 0.191 e. The zero-order valence-electron chi connectivity index (χ0n) is 17.9. The van der Waals surface area contributed by atoms with Gasteiger partial charge in [0.15, 0.2) is 5.96 Å². The lowest BCUT2D eigenvalue weighted by molar-refractivity contribution is 0.0341. The molecule has 2 heterocycles. The van der Waals surface area contributed by atoms with E-state index in [9.17, 15) is 5.11 Å². The van der Waals surface area contributed by atoms with Crippen molar-refractivity contribution in [3.8, 4) is 0 Å². The zero-order valence-corrected chi connectivity index (χ0v) is 18.7. The first-order valence-corrected chi connectivity index (χ1v) is 11.5. The van der Waals surface area contributed by atoms with Crippen LogP contribution in [0, 0.1) is 0 Å². The molecule has 3 aromatic rings. The third kappa shape index (κ3) is 5.83. The van der Waals surface area contributed by atoms with Crippen LogP contribution in [0.5, 0.6) is 0 Å². The van der Waals surface area contributed by atoms with Crippen LogP contribution in [-0.4, -0.2) is 55.9 Å². The number of aliphatic hydroxyl groups is 1. The molecule has 1 saturated heterocycles. The maximum absolute atomic E-state index is 10.6. The highest BCUT2D eigenvalue weighted by atomic mass is 32.1. The molecule has 1 aromatic heterocycles. The van der Waals surface area contributed by atoms with Gasteiger partial charge in [-0.15, -0.1) is 11.3 Å². The standard InChI is InChI=1S/C24H30N4O2S/c1-25-24(27-16-21(29)23-14-18-6-4-5-9-22(18)31-23)26-15-19-7-2-3-8-20(19)17-28-10-12-30-13-11-28/h2-9,14,21,29H,10-13,15-17H2,1H3,(H2,25,26,27). The topological polar surface area (TPSA) is 69.1 Å². The Kier molecular flexibility index (Phi) is 7.53. The average molecular weight is 439 g/mol. The van der Waals surface area contributed by atoms with Crippen LogP contribution in [0.25, 0.3) is 10.1 Å². The molecule has 1 aliphatic rings. The van der Waals surface area contributed by atoms with Gasteiger partial charge in [-0.1, -0.05) is 42.5 Å². The summed E-state index contributed by atoms with van der Waals surface area (Å²) in [6.07, 6.45) is -0.579. The minimum Gasteiger partial charge on any atom is -0.386 e. The number of thiophene rings is 1. The van der Waals surface area contributed by atoms with Gasteiger partial charge in [-0.2, -0.15) is 0 Å². The lowest BCUT2D eigenvalue weighted by atomic mass is 10.1. The minimum atomic E-state index is -0.579. The molecule has 0 bridgehead atoms. The van der Waals surface area contributed by atoms with E-state index in [-0.39, 0.29) is 0 Å². The van der Waals surface area contributed by atoms with Gasteiger partial charge in [0.1, 0.15) is 6.10 Å². The van der Waals surface area contributed by atoms with Crippen molar-refractivity contribution in [1.82, 2.24) is 15.5 Å². The molecule has 0 aliphatic carbocycles. The van der Waals surface area contributed by atoms with Crippen molar-refractivity contribution >= 4 is 27.4 Å². The SMILES string of the molecule is CN=C(NCc1ccccc1CN1CCOCC1)NCC(O)c1cc2ccccc2s1. The summed E-state index contributed by atoms with van der Waals surface area (Å²) in [5.74, 6) is 0.682. The summed E-state index contributed by atoms with van der Waals surface area (Å²) in [7, 11) is 1.75. The molecule has 0 spiro atoms. The van der Waals surface area contributed by atoms with E-state index < -0.39 is 6.10 Å². The molecular weight excluding hydrogens is 408 g/mol. The van der Waals surface area contributed by atoms with Gasteiger partial charge >= 0.3 is 0 Å². The van der Waals surface area contributed by atoms with Gasteiger partial charge in [0.2, 0.25) is 0 Å². The van der Waals surface area contributed by atoms with E-state index >= 15 is 0 Å². The molecule has 0 amide bonds. The number of aliphatic imine (C=N–C) groups is 1. The van der Waals surface area contributed by atoms with E-state index in [2.05, 4.69) is 63.0 Å². The molecule has 2 aromatic carbocycles. The number of aliphatic hydroxyl groups excluding tert-OH is 1. The molecule has 1 unspecified atom stereocenters. The van der Waals surface area contributed by atoms with Crippen molar-refractivity contribution in [2.75, 3.05) is 39.9 Å². The highest BCUT2D eigenvalue weighted by Crippen LogP contribution is 2.29. The predicted octanol–water partition coefficient (Wildman–Crippen LogP) is 3.13. The van der Waals surface area contributed by atoms with E-state index in [0.717, 1.165) is 37.7 Å². The first-order chi connectivity index (χ1) is 15.2. The van der Waals surface area contributed by atoms with Gasteiger partial charge in [-0.3, -0.25) is 9.89 Å². The Morgan fingerprint density at radius 1 is 1.10 bits per heavy atom. The van der Waals surface area contributed by atoms with Crippen LogP contribution >= 0.6 is 11.3 Å². The summed E-state index contributed by atoms with van der Waals surface area (Å²) in [6, 6.07) is 18.8. The number of ether oxygens (including phenoxy) is 1. The maximum atomic E-state index is 10.6. The lowest BCUT2D eigenvalue weighted by Gasteiger charge is -2.27. The number of guanidine groups is 1. The molecule has 0 saturated carbocycles. The van der Waals surface area contributed by atoms with E-state index in [0.29, 0.717) is 19.0 Å². The minimum absolute atomic E-state index is 0.405. The summed E-state index contributed by atoms with van der Waals surface area (Å²) in [4.78, 5) is 7.70. The molecule has 6 nitrogen and oxygen atoms in total. The second-order valence-corrected chi connectivity index (χ2v) is 8.78. The predicted molar refractivity (Wildman–Crippen MR) is 128 cm³/mol. The average Bonchev–Trinajstić information content (AvgIpc) is 3.25. The number of hydrogen-bond acceptors (Lipinski definition) is 5. The fourth-order valence-electron chi connectivity index (χ4n) is 3.74. The molecule has 7 heteroatoms. The highest BCUT2D eigenvalue weighted by Gasteiger charge is 2.14. The quantitative estimate of drug-likeness (QED) is 0.391. The van der Waals surface area contributed by atoms with Crippen molar-refractivity contribution in [1.29, 1.82) is 0 Å².